The lowest BCUT2D eigenvalue weighted by Crippen LogP contribution is -2.32. The second-order valence-corrected chi connectivity index (χ2v) is 6.43. The highest BCUT2D eigenvalue weighted by molar-refractivity contribution is 7.92. The van der Waals surface area contributed by atoms with Crippen LogP contribution >= 0.6 is 0 Å². The van der Waals surface area contributed by atoms with E-state index in [1.165, 1.54) is 0 Å². The summed E-state index contributed by atoms with van der Waals surface area (Å²) in [6.07, 6.45) is 0.216. The van der Waals surface area contributed by atoms with Crippen molar-refractivity contribution < 1.29 is 18.3 Å². The topological polar surface area (TPSA) is 95.2 Å². The van der Waals surface area contributed by atoms with Crippen LogP contribution in [-0.2, 0) is 21.1 Å². The summed E-state index contributed by atoms with van der Waals surface area (Å²) in [6, 6.07) is 10.8. The smallest absolute Gasteiger partial charge is 0.321 e. The number of aliphatic carboxylic acids is 1. The molecule has 1 atom stereocenters. The molecule has 0 aliphatic heterocycles. The molecule has 1 aromatic rings. The van der Waals surface area contributed by atoms with Gasteiger partial charge in [0.05, 0.1) is 11.8 Å². The SMILES string of the molecule is N#CCCS(=O)(=O)C(CCc1ccccc1)C(=O)O. The first-order valence-electron chi connectivity index (χ1n) is 5.82. The molecule has 0 radical (unpaired) electrons. The third-order valence-electron chi connectivity index (χ3n) is 2.75. The molecule has 102 valence electrons. The molecule has 1 aromatic carbocycles. The number of hydrogen-bond donors (Lipinski definition) is 1. The number of carboxylic acid groups (broad SMARTS) is 1. The summed E-state index contributed by atoms with van der Waals surface area (Å²) in [4.78, 5) is 11.1. The van der Waals surface area contributed by atoms with E-state index in [9.17, 15) is 13.2 Å². The van der Waals surface area contributed by atoms with Crippen molar-refractivity contribution in [1.82, 2.24) is 0 Å². The van der Waals surface area contributed by atoms with Gasteiger partial charge in [0, 0.05) is 6.42 Å². The number of aryl methyl sites for hydroxylation is 1. The van der Waals surface area contributed by atoms with E-state index in [1.54, 1.807) is 6.07 Å². The number of carbonyl (C=O) groups is 1. The minimum atomic E-state index is -3.78. The molecule has 0 aliphatic rings. The lowest BCUT2D eigenvalue weighted by molar-refractivity contribution is -0.136. The van der Waals surface area contributed by atoms with Gasteiger partial charge >= 0.3 is 5.97 Å². The molecule has 0 fully saturated rings. The van der Waals surface area contributed by atoms with Gasteiger partial charge in [-0.25, -0.2) is 8.42 Å². The van der Waals surface area contributed by atoms with Crippen LogP contribution in [0.1, 0.15) is 18.4 Å². The summed E-state index contributed by atoms with van der Waals surface area (Å²) < 4.78 is 23.6. The van der Waals surface area contributed by atoms with Crippen molar-refractivity contribution in [2.24, 2.45) is 0 Å². The molecule has 1 rings (SSSR count). The van der Waals surface area contributed by atoms with Gasteiger partial charge in [0.25, 0.3) is 0 Å². The Labute approximate surface area is 112 Å². The van der Waals surface area contributed by atoms with Gasteiger partial charge in [-0.3, -0.25) is 4.79 Å². The van der Waals surface area contributed by atoms with Crippen LogP contribution in [0, 0.1) is 11.3 Å². The van der Waals surface area contributed by atoms with Crippen LogP contribution in [0.3, 0.4) is 0 Å². The molecule has 0 aromatic heterocycles. The first-order chi connectivity index (χ1) is 8.97. The van der Waals surface area contributed by atoms with Gasteiger partial charge in [-0.2, -0.15) is 5.26 Å². The highest BCUT2D eigenvalue weighted by Crippen LogP contribution is 2.13. The first kappa shape index (κ1) is 15.2. The normalized spacial score (nSPS) is 12.6. The number of nitrogens with zero attached hydrogens (tertiary/aromatic N) is 1. The zero-order valence-electron chi connectivity index (χ0n) is 10.3. The second-order valence-electron chi connectivity index (χ2n) is 4.13. The van der Waals surface area contributed by atoms with Crippen molar-refractivity contribution >= 4 is 15.8 Å². The van der Waals surface area contributed by atoms with Crippen LogP contribution in [0.5, 0.6) is 0 Å². The van der Waals surface area contributed by atoms with Crippen LogP contribution in [0.15, 0.2) is 30.3 Å². The van der Waals surface area contributed by atoms with Crippen LogP contribution in [0.4, 0.5) is 0 Å². The Kier molecular flexibility index (Phi) is 5.52. The van der Waals surface area contributed by atoms with Gasteiger partial charge in [0.1, 0.15) is 0 Å². The standard InChI is InChI=1S/C13H15NO4S/c14-9-4-10-19(17,18)12(13(15)16)8-7-11-5-2-1-3-6-11/h1-3,5-6,12H,4,7-8,10H2,(H,15,16). The van der Waals surface area contributed by atoms with Crippen molar-refractivity contribution in [3.8, 4) is 6.07 Å². The van der Waals surface area contributed by atoms with Crippen LogP contribution < -0.4 is 0 Å². The summed E-state index contributed by atoms with van der Waals surface area (Å²) in [5.74, 6) is -1.76. The molecular formula is C13H15NO4S. The minimum absolute atomic E-state index is 0.0209. The maximum atomic E-state index is 11.8. The molecule has 1 unspecified atom stereocenters. The van der Waals surface area contributed by atoms with E-state index in [0.29, 0.717) is 6.42 Å². The molecule has 19 heavy (non-hydrogen) atoms. The molecule has 0 heterocycles. The van der Waals surface area contributed by atoms with E-state index in [0.717, 1.165) is 5.56 Å². The second kappa shape index (κ2) is 6.90. The van der Waals surface area contributed by atoms with E-state index in [4.69, 9.17) is 10.4 Å². The molecule has 0 aliphatic carbocycles. The van der Waals surface area contributed by atoms with Gasteiger partial charge < -0.3 is 5.11 Å². The third-order valence-corrected chi connectivity index (χ3v) is 4.82. The van der Waals surface area contributed by atoms with Gasteiger partial charge in [0.2, 0.25) is 0 Å². The Morgan fingerprint density at radius 2 is 1.95 bits per heavy atom. The fourth-order valence-electron chi connectivity index (χ4n) is 1.73. The van der Waals surface area contributed by atoms with Crippen molar-refractivity contribution in [1.29, 1.82) is 5.26 Å². The van der Waals surface area contributed by atoms with E-state index in [-0.39, 0.29) is 12.8 Å². The highest BCUT2D eigenvalue weighted by Gasteiger charge is 2.31. The van der Waals surface area contributed by atoms with E-state index >= 15 is 0 Å². The van der Waals surface area contributed by atoms with Gasteiger partial charge in [-0.05, 0) is 18.4 Å². The lowest BCUT2D eigenvalue weighted by atomic mass is 10.1. The number of rotatable bonds is 7. The summed E-state index contributed by atoms with van der Waals surface area (Å²) in [7, 11) is -3.78. The average molecular weight is 281 g/mol. The molecule has 6 heteroatoms. The molecule has 5 nitrogen and oxygen atoms in total. The fraction of sp³-hybridized carbons (Fsp3) is 0.385. The Balaban J connectivity index is 2.74. The Hall–Kier alpha value is -1.87. The van der Waals surface area contributed by atoms with Gasteiger partial charge in [0.15, 0.2) is 15.1 Å². The van der Waals surface area contributed by atoms with E-state index in [1.807, 2.05) is 30.3 Å². The van der Waals surface area contributed by atoms with E-state index < -0.39 is 26.8 Å². The number of nitriles is 1. The minimum Gasteiger partial charge on any atom is -0.480 e. The van der Waals surface area contributed by atoms with Crippen LogP contribution in [0.25, 0.3) is 0 Å². The first-order valence-corrected chi connectivity index (χ1v) is 7.54. The number of benzene rings is 1. The summed E-state index contributed by atoms with van der Waals surface area (Å²) in [5, 5.41) is 16.0. The fourth-order valence-corrected chi connectivity index (χ4v) is 3.17. The van der Waals surface area contributed by atoms with Crippen LogP contribution in [-0.4, -0.2) is 30.5 Å². The zero-order valence-corrected chi connectivity index (χ0v) is 11.1. The van der Waals surface area contributed by atoms with Crippen molar-refractivity contribution in [3.63, 3.8) is 0 Å². The van der Waals surface area contributed by atoms with Gasteiger partial charge in [-0.15, -0.1) is 0 Å². The number of sulfone groups is 1. The summed E-state index contributed by atoms with van der Waals surface area (Å²) >= 11 is 0. The van der Waals surface area contributed by atoms with Crippen molar-refractivity contribution in [2.75, 3.05) is 5.75 Å². The predicted molar refractivity (Wildman–Crippen MR) is 70.2 cm³/mol. The molecule has 0 saturated carbocycles. The largest absolute Gasteiger partial charge is 0.480 e. The Bertz CT molecular complexity index is 560. The number of carboxylic acids is 1. The Morgan fingerprint density at radius 1 is 1.32 bits per heavy atom. The molecule has 0 saturated heterocycles. The van der Waals surface area contributed by atoms with Crippen LogP contribution in [0.2, 0.25) is 0 Å². The molecule has 0 bridgehead atoms. The lowest BCUT2D eigenvalue weighted by Gasteiger charge is -2.12. The Morgan fingerprint density at radius 3 is 2.47 bits per heavy atom. The number of hydrogen-bond acceptors (Lipinski definition) is 4. The highest BCUT2D eigenvalue weighted by atomic mass is 32.2. The quantitative estimate of drug-likeness (QED) is 0.815. The maximum absolute atomic E-state index is 11.8. The summed E-state index contributed by atoms with van der Waals surface area (Å²) in [6.45, 7) is 0. The maximum Gasteiger partial charge on any atom is 0.321 e. The molecule has 1 N–H and O–H groups in total. The average Bonchev–Trinajstić information content (AvgIpc) is 2.37. The molecular weight excluding hydrogens is 266 g/mol. The zero-order chi connectivity index (χ0) is 14.3. The molecule has 0 amide bonds. The monoisotopic (exact) mass is 281 g/mol. The van der Waals surface area contributed by atoms with E-state index in [2.05, 4.69) is 0 Å². The summed E-state index contributed by atoms with van der Waals surface area (Å²) in [5.41, 5.74) is 0.893. The molecule has 0 spiro atoms. The van der Waals surface area contributed by atoms with Crippen molar-refractivity contribution in [2.45, 2.75) is 24.5 Å². The van der Waals surface area contributed by atoms with Gasteiger partial charge in [-0.1, -0.05) is 30.3 Å². The van der Waals surface area contributed by atoms with Crippen molar-refractivity contribution in [3.05, 3.63) is 35.9 Å². The third kappa shape index (κ3) is 4.72. The predicted octanol–water partition coefficient (Wildman–Crippen LogP) is 1.40.